The molecule has 2 unspecified atom stereocenters. The van der Waals surface area contributed by atoms with Crippen molar-refractivity contribution in [3.05, 3.63) is 24.8 Å². The van der Waals surface area contributed by atoms with E-state index in [1.54, 1.807) is 13.4 Å². The minimum atomic E-state index is -0.292. The summed E-state index contributed by atoms with van der Waals surface area (Å²) < 4.78 is 10.9. The third-order valence-corrected chi connectivity index (χ3v) is 3.86. The Bertz CT molecular complexity index is 359. The lowest BCUT2D eigenvalue weighted by atomic mass is 9.79. The van der Waals surface area contributed by atoms with E-state index in [0.717, 1.165) is 12.8 Å². The molecule has 0 aromatic heterocycles. The van der Waals surface area contributed by atoms with Gasteiger partial charge in [0.1, 0.15) is 11.9 Å². The molecule has 4 heteroatoms. The van der Waals surface area contributed by atoms with Crippen LogP contribution in [-0.2, 0) is 9.47 Å². The van der Waals surface area contributed by atoms with E-state index in [0.29, 0.717) is 18.3 Å². The molecule has 3 atom stereocenters. The molecule has 0 radical (unpaired) electrons. The van der Waals surface area contributed by atoms with Gasteiger partial charge < -0.3 is 19.9 Å². The first kappa shape index (κ1) is 16.9. The highest BCUT2D eigenvalue weighted by atomic mass is 16.5. The van der Waals surface area contributed by atoms with E-state index in [1.807, 2.05) is 26.8 Å². The molecular weight excluding hydrogens is 254 g/mol. The van der Waals surface area contributed by atoms with Crippen LogP contribution in [0.5, 0.6) is 0 Å². The molecule has 1 rings (SSSR count). The van der Waals surface area contributed by atoms with Crippen LogP contribution in [0.15, 0.2) is 24.8 Å². The predicted molar refractivity (Wildman–Crippen MR) is 81.0 cm³/mol. The summed E-state index contributed by atoms with van der Waals surface area (Å²) in [6.07, 6.45) is 4.83. The summed E-state index contributed by atoms with van der Waals surface area (Å²) in [7, 11) is 1.60. The smallest absolute Gasteiger partial charge is 0.223 e. The van der Waals surface area contributed by atoms with Crippen molar-refractivity contribution in [2.75, 3.05) is 13.7 Å². The number of aliphatic hydroxyl groups excluding tert-OH is 1. The Morgan fingerprint density at radius 3 is 2.55 bits per heavy atom. The Kier molecular flexibility index (Phi) is 5.51. The van der Waals surface area contributed by atoms with Crippen molar-refractivity contribution in [3.63, 3.8) is 0 Å². The predicted octanol–water partition coefficient (Wildman–Crippen LogP) is 2.80. The van der Waals surface area contributed by atoms with Crippen molar-refractivity contribution in [2.45, 2.75) is 52.2 Å². The summed E-state index contributed by atoms with van der Waals surface area (Å²) in [5.41, 5.74) is -0.396. The Labute approximate surface area is 122 Å². The highest BCUT2D eigenvalue weighted by Crippen LogP contribution is 2.44. The fraction of sp³-hybridized carbons (Fsp3) is 0.750. The van der Waals surface area contributed by atoms with E-state index in [9.17, 15) is 5.11 Å². The van der Waals surface area contributed by atoms with Crippen LogP contribution < -0.4 is 5.32 Å². The summed E-state index contributed by atoms with van der Waals surface area (Å²) in [6.45, 7) is 12.8. The zero-order chi connectivity index (χ0) is 15.4. The third-order valence-electron chi connectivity index (χ3n) is 3.86. The quantitative estimate of drug-likeness (QED) is 0.581. The molecular formula is C16H29NO3. The van der Waals surface area contributed by atoms with Crippen LogP contribution in [0.4, 0.5) is 0 Å². The summed E-state index contributed by atoms with van der Waals surface area (Å²) in [6, 6.07) is 0. The maximum atomic E-state index is 9.88. The van der Waals surface area contributed by atoms with Gasteiger partial charge in [-0.05, 0) is 39.5 Å². The van der Waals surface area contributed by atoms with Gasteiger partial charge in [0.15, 0.2) is 0 Å². The van der Waals surface area contributed by atoms with Gasteiger partial charge in [0.25, 0.3) is 0 Å². The largest absolute Gasteiger partial charge is 0.499 e. The molecule has 0 aliphatic heterocycles. The van der Waals surface area contributed by atoms with Crippen molar-refractivity contribution in [2.24, 2.45) is 11.3 Å². The van der Waals surface area contributed by atoms with Gasteiger partial charge in [-0.15, -0.1) is 6.58 Å². The summed E-state index contributed by atoms with van der Waals surface area (Å²) in [5.74, 6) is 0.996. The summed E-state index contributed by atoms with van der Waals surface area (Å²) in [4.78, 5) is 0. The van der Waals surface area contributed by atoms with Crippen molar-refractivity contribution < 1.29 is 14.6 Å². The van der Waals surface area contributed by atoms with Crippen LogP contribution >= 0.6 is 0 Å². The fourth-order valence-electron chi connectivity index (χ4n) is 2.76. The van der Waals surface area contributed by atoms with Gasteiger partial charge in [0.05, 0.1) is 13.2 Å². The Morgan fingerprint density at radius 1 is 1.50 bits per heavy atom. The lowest BCUT2D eigenvalue weighted by Crippen LogP contribution is -2.37. The van der Waals surface area contributed by atoms with E-state index in [1.165, 1.54) is 0 Å². The van der Waals surface area contributed by atoms with Gasteiger partial charge in [-0.3, -0.25) is 0 Å². The highest BCUT2D eigenvalue weighted by Gasteiger charge is 2.42. The van der Waals surface area contributed by atoms with Gasteiger partial charge in [-0.25, -0.2) is 0 Å². The van der Waals surface area contributed by atoms with Crippen LogP contribution in [-0.4, -0.2) is 30.5 Å². The van der Waals surface area contributed by atoms with E-state index in [2.05, 4.69) is 18.8 Å². The zero-order valence-corrected chi connectivity index (χ0v) is 13.4. The second kappa shape index (κ2) is 6.53. The number of hydrogen-bond donors (Lipinski definition) is 2. The Hall–Kier alpha value is -1.16. The van der Waals surface area contributed by atoms with Gasteiger partial charge in [0.2, 0.25) is 5.88 Å². The fourth-order valence-corrected chi connectivity index (χ4v) is 2.76. The summed E-state index contributed by atoms with van der Waals surface area (Å²) in [5, 5.41) is 13.2. The first-order valence-corrected chi connectivity index (χ1v) is 7.20. The number of methoxy groups -OCH3 is 1. The second-order valence-electron chi connectivity index (χ2n) is 6.72. The number of rotatable bonds is 6. The maximum Gasteiger partial charge on any atom is 0.223 e. The van der Waals surface area contributed by atoms with Gasteiger partial charge in [-0.1, -0.05) is 13.0 Å². The van der Waals surface area contributed by atoms with Gasteiger partial charge >= 0.3 is 0 Å². The average Bonchev–Trinajstić information content (AvgIpc) is 2.60. The molecule has 0 aromatic carbocycles. The topological polar surface area (TPSA) is 50.7 Å². The molecule has 1 aliphatic carbocycles. The lowest BCUT2D eigenvalue weighted by Gasteiger charge is -2.32. The van der Waals surface area contributed by atoms with Gasteiger partial charge in [0, 0.05) is 12.0 Å². The maximum absolute atomic E-state index is 9.88. The van der Waals surface area contributed by atoms with Crippen molar-refractivity contribution in [1.82, 2.24) is 5.32 Å². The molecule has 4 nitrogen and oxygen atoms in total. The monoisotopic (exact) mass is 283 g/mol. The molecule has 0 spiro atoms. The molecule has 2 N–H and O–H groups in total. The molecule has 20 heavy (non-hydrogen) atoms. The van der Waals surface area contributed by atoms with E-state index < -0.39 is 0 Å². The number of hydrogen-bond acceptors (Lipinski definition) is 4. The van der Waals surface area contributed by atoms with Crippen LogP contribution in [0, 0.1) is 11.3 Å². The Morgan fingerprint density at radius 2 is 2.15 bits per heavy atom. The average molecular weight is 283 g/mol. The Balaban J connectivity index is 2.71. The van der Waals surface area contributed by atoms with Crippen molar-refractivity contribution in [1.29, 1.82) is 0 Å². The first-order valence-electron chi connectivity index (χ1n) is 7.20. The SMILES string of the molecule is C=C[C@]1(CN/C(=C\OC)OC(C)(C)C)CC(O)CC1C. The second-order valence-corrected chi connectivity index (χ2v) is 6.72. The zero-order valence-electron chi connectivity index (χ0n) is 13.4. The van der Waals surface area contributed by atoms with Crippen LogP contribution in [0.1, 0.15) is 40.5 Å². The molecule has 0 bridgehead atoms. The molecule has 0 heterocycles. The molecule has 0 saturated heterocycles. The first-order chi connectivity index (χ1) is 9.22. The molecule has 116 valence electrons. The minimum Gasteiger partial charge on any atom is -0.499 e. The third kappa shape index (κ3) is 4.44. The molecule has 1 saturated carbocycles. The minimum absolute atomic E-state index is 0.104. The number of ether oxygens (including phenoxy) is 2. The lowest BCUT2D eigenvalue weighted by molar-refractivity contribution is 0.0304. The van der Waals surface area contributed by atoms with Gasteiger partial charge in [-0.2, -0.15) is 0 Å². The van der Waals surface area contributed by atoms with Crippen LogP contribution in [0.2, 0.25) is 0 Å². The molecule has 0 aromatic rings. The van der Waals surface area contributed by atoms with Crippen LogP contribution in [0.3, 0.4) is 0 Å². The van der Waals surface area contributed by atoms with Crippen molar-refractivity contribution in [3.8, 4) is 0 Å². The molecule has 0 amide bonds. The highest BCUT2D eigenvalue weighted by molar-refractivity contribution is 5.07. The van der Waals surface area contributed by atoms with E-state index in [4.69, 9.17) is 9.47 Å². The van der Waals surface area contributed by atoms with E-state index >= 15 is 0 Å². The molecule has 1 aliphatic rings. The number of nitrogens with one attached hydrogen (secondary N) is 1. The number of aliphatic hydroxyl groups is 1. The molecule has 1 fully saturated rings. The van der Waals surface area contributed by atoms with Crippen LogP contribution in [0.25, 0.3) is 0 Å². The normalized spacial score (nSPS) is 31.0. The van der Waals surface area contributed by atoms with E-state index in [-0.39, 0.29) is 17.1 Å². The van der Waals surface area contributed by atoms with Crippen molar-refractivity contribution >= 4 is 0 Å². The summed E-state index contributed by atoms with van der Waals surface area (Å²) >= 11 is 0. The standard InChI is InChI=1S/C16H29NO3/c1-7-16(9-13(18)8-12(16)2)11-17-14(10-19-6)20-15(3,4)5/h7,10,12-13,17-18H,1,8-9,11H2,2-6H3/b14-10+/t12?,13?,16-/m1/s1.